The highest BCUT2D eigenvalue weighted by Crippen LogP contribution is 2.32. The second-order valence-electron chi connectivity index (χ2n) is 7.13. The lowest BCUT2D eigenvalue weighted by Gasteiger charge is -2.19. The van der Waals surface area contributed by atoms with Gasteiger partial charge in [0.1, 0.15) is 11.5 Å². The number of methoxy groups -OCH3 is 1. The van der Waals surface area contributed by atoms with Crippen LogP contribution in [0.5, 0.6) is 11.5 Å². The van der Waals surface area contributed by atoms with Crippen LogP contribution in [0, 0.1) is 0 Å². The zero-order chi connectivity index (χ0) is 23.2. The number of para-hydroxylation sites is 1. The van der Waals surface area contributed by atoms with Crippen molar-refractivity contribution < 1.29 is 18.7 Å². The maximum atomic E-state index is 12.9. The minimum absolute atomic E-state index is 0.302. The average Bonchev–Trinajstić information content (AvgIpc) is 3.33. The SMILES string of the molecule is CC[C@@H](Oc1ccccc1-c1nnc(-c2ccccc2)o1)C(=O)Nc1ccc(OC)c(Cl)c1. The Labute approximate surface area is 196 Å². The van der Waals surface area contributed by atoms with Crippen LogP contribution in [-0.2, 0) is 4.79 Å². The maximum Gasteiger partial charge on any atom is 0.265 e. The minimum atomic E-state index is -0.747. The summed E-state index contributed by atoms with van der Waals surface area (Å²) >= 11 is 6.16. The normalized spacial score (nSPS) is 11.6. The molecule has 0 aliphatic carbocycles. The highest BCUT2D eigenvalue weighted by atomic mass is 35.5. The van der Waals surface area contributed by atoms with Gasteiger partial charge in [0.05, 0.1) is 17.7 Å². The summed E-state index contributed by atoms with van der Waals surface area (Å²) in [6.07, 6.45) is -0.299. The quantitative estimate of drug-likeness (QED) is 0.352. The molecule has 1 aromatic heterocycles. The van der Waals surface area contributed by atoms with Gasteiger partial charge in [0.25, 0.3) is 11.8 Å². The van der Waals surface area contributed by atoms with Gasteiger partial charge in [-0.1, -0.05) is 48.9 Å². The second kappa shape index (κ2) is 10.2. The first-order valence-corrected chi connectivity index (χ1v) is 10.8. The van der Waals surface area contributed by atoms with Gasteiger partial charge in [-0.3, -0.25) is 4.79 Å². The molecule has 8 heteroatoms. The van der Waals surface area contributed by atoms with Gasteiger partial charge in [-0.15, -0.1) is 10.2 Å². The molecule has 7 nitrogen and oxygen atoms in total. The van der Waals surface area contributed by atoms with Crippen molar-refractivity contribution in [3.63, 3.8) is 0 Å². The van der Waals surface area contributed by atoms with Crippen LogP contribution >= 0.6 is 11.6 Å². The number of hydrogen-bond donors (Lipinski definition) is 1. The van der Waals surface area contributed by atoms with E-state index in [1.165, 1.54) is 7.11 Å². The van der Waals surface area contributed by atoms with Crippen molar-refractivity contribution in [3.8, 4) is 34.4 Å². The van der Waals surface area contributed by atoms with E-state index in [1.54, 1.807) is 24.3 Å². The number of anilines is 1. The first-order chi connectivity index (χ1) is 16.1. The third-order valence-corrected chi connectivity index (χ3v) is 5.21. The molecule has 168 valence electrons. The Bertz CT molecular complexity index is 1240. The van der Waals surface area contributed by atoms with Gasteiger partial charge in [0.2, 0.25) is 5.89 Å². The van der Waals surface area contributed by atoms with Gasteiger partial charge < -0.3 is 19.2 Å². The largest absolute Gasteiger partial charge is 0.495 e. The molecule has 3 aromatic carbocycles. The zero-order valence-electron chi connectivity index (χ0n) is 18.1. The molecule has 0 unspecified atom stereocenters. The fourth-order valence-corrected chi connectivity index (χ4v) is 3.48. The summed E-state index contributed by atoms with van der Waals surface area (Å²) in [5.74, 6) is 1.41. The van der Waals surface area contributed by atoms with Crippen molar-refractivity contribution in [2.45, 2.75) is 19.4 Å². The smallest absolute Gasteiger partial charge is 0.265 e. The molecule has 0 saturated heterocycles. The Morgan fingerprint density at radius 2 is 1.73 bits per heavy atom. The lowest BCUT2D eigenvalue weighted by Crippen LogP contribution is -2.32. The van der Waals surface area contributed by atoms with Gasteiger partial charge >= 0.3 is 0 Å². The summed E-state index contributed by atoms with van der Waals surface area (Å²) in [5.41, 5.74) is 1.97. The van der Waals surface area contributed by atoms with Crippen LogP contribution in [0.2, 0.25) is 5.02 Å². The Balaban J connectivity index is 1.53. The molecular formula is C25H22ClN3O4. The number of nitrogens with one attached hydrogen (secondary N) is 1. The van der Waals surface area contributed by atoms with E-state index in [-0.39, 0.29) is 5.91 Å². The van der Waals surface area contributed by atoms with Crippen molar-refractivity contribution in [1.29, 1.82) is 0 Å². The molecule has 0 spiro atoms. The molecule has 1 heterocycles. The van der Waals surface area contributed by atoms with E-state index >= 15 is 0 Å². The average molecular weight is 464 g/mol. The first kappa shape index (κ1) is 22.4. The lowest BCUT2D eigenvalue weighted by molar-refractivity contribution is -0.122. The number of ether oxygens (including phenoxy) is 2. The summed E-state index contributed by atoms with van der Waals surface area (Å²) in [6, 6.07) is 21.8. The highest BCUT2D eigenvalue weighted by Gasteiger charge is 2.22. The van der Waals surface area contributed by atoms with E-state index in [1.807, 2.05) is 55.5 Å². The third-order valence-electron chi connectivity index (χ3n) is 4.91. The molecule has 0 aliphatic heterocycles. The highest BCUT2D eigenvalue weighted by molar-refractivity contribution is 6.32. The van der Waals surface area contributed by atoms with Gasteiger partial charge in [0.15, 0.2) is 6.10 Å². The number of benzene rings is 3. The van der Waals surface area contributed by atoms with E-state index in [4.69, 9.17) is 25.5 Å². The number of carbonyl (C=O) groups excluding carboxylic acids is 1. The molecule has 0 saturated carbocycles. The number of amides is 1. The molecule has 1 atom stereocenters. The van der Waals surface area contributed by atoms with Gasteiger partial charge in [-0.2, -0.15) is 0 Å². The van der Waals surface area contributed by atoms with E-state index in [9.17, 15) is 4.79 Å². The van der Waals surface area contributed by atoms with Crippen LogP contribution in [0.1, 0.15) is 13.3 Å². The van der Waals surface area contributed by atoms with Gasteiger partial charge in [-0.25, -0.2) is 0 Å². The number of halogens is 1. The zero-order valence-corrected chi connectivity index (χ0v) is 18.9. The van der Waals surface area contributed by atoms with Crippen LogP contribution in [0.4, 0.5) is 5.69 Å². The molecule has 1 amide bonds. The van der Waals surface area contributed by atoms with E-state index < -0.39 is 6.10 Å². The van der Waals surface area contributed by atoms with Crippen molar-refractivity contribution in [1.82, 2.24) is 10.2 Å². The predicted octanol–water partition coefficient (Wildman–Crippen LogP) is 5.86. The minimum Gasteiger partial charge on any atom is -0.495 e. The summed E-state index contributed by atoms with van der Waals surface area (Å²) in [5, 5.41) is 11.6. The molecule has 4 rings (SSSR count). The van der Waals surface area contributed by atoms with Crippen LogP contribution in [0.3, 0.4) is 0 Å². The fraction of sp³-hybridized carbons (Fsp3) is 0.160. The fourth-order valence-electron chi connectivity index (χ4n) is 3.22. The van der Waals surface area contributed by atoms with Crippen LogP contribution < -0.4 is 14.8 Å². The van der Waals surface area contributed by atoms with E-state index in [0.717, 1.165) is 5.56 Å². The number of aromatic nitrogens is 2. The Hall–Kier alpha value is -3.84. The molecule has 0 bridgehead atoms. The molecule has 33 heavy (non-hydrogen) atoms. The van der Waals surface area contributed by atoms with Crippen molar-refractivity contribution >= 4 is 23.2 Å². The Morgan fingerprint density at radius 1 is 1.00 bits per heavy atom. The topological polar surface area (TPSA) is 86.5 Å². The van der Waals surface area contributed by atoms with Crippen molar-refractivity contribution in [2.24, 2.45) is 0 Å². The summed E-state index contributed by atoms with van der Waals surface area (Å²) in [7, 11) is 1.53. The Morgan fingerprint density at radius 3 is 2.45 bits per heavy atom. The molecule has 4 aromatic rings. The maximum absolute atomic E-state index is 12.9. The lowest BCUT2D eigenvalue weighted by atomic mass is 10.2. The standard InChI is InChI=1S/C25H22ClN3O4/c1-3-20(23(30)27-17-13-14-22(31-2)19(26)15-17)32-21-12-8-7-11-18(21)25-29-28-24(33-25)16-9-5-4-6-10-16/h4-15,20H,3H2,1-2H3,(H,27,30)/t20-/m1/s1. The van der Waals surface area contributed by atoms with Crippen molar-refractivity contribution in [2.75, 3.05) is 12.4 Å². The number of hydrogen-bond acceptors (Lipinski definition) is 6. The van der Waals surface area contributed by atoms with Gasteiger partial charge in [0, 0.05) is 11.3 Å². The Kier molecular flexibility index (Phi) is 6.90. The second-order valence-corrected chi connectivity index (χ2v) is 7.54. The molecule has 1 N–H and O–H groups in total. The third kappa shape index (κ3) is 5.15. The van der Waals surface area contributed by atoms with E-state index in [2.05, 4.69) is 15.5 Å². The summed E-state index contributed by atoms with van der Waals surface area (Å²) in [6.45, 7) is 1.87. The van der Waals surface area contributed by atoms with Crippen LogP contribution in [0.15, 0.2) is 77.2 Å². The van der Waals surface area contributed by atoms with Crippen LogP contribution in [0.25, 0.3) is 22.9 Å². The molecule has 0 fully saturated rings. The monoisotopic (exact) mass is 463 g/mol. The molecule has 0 aliphatic rings. The van der Waals surface area contributed by atoms with Crippen LogP contribution in [-0.4, -0.2) is 29.3 Å². The first-order valence-electron chi connectivity index (χ1n) is 10.4. The number of carbonyl (C=O) groups is 1. The predicted molar refractivity (Wildman–Crippen MR) is 127 cm³/mol. The molecule has 0 radical (unpaired) electrons. The number of nitrogens with zero attached hydrogens (tertiary/aromatic N) is 2. The van der Waals surface area contributed by atoms with Gasteiger partial charge in [-0.05, 0) is 48.9 Å². The number of rotatable bonds is 8. The molecular weight excluding hydrogens is 442 g/mol. The van der Waals surface area contributed by atoms with Crippen molar-refractivity contribution in [3.05, 3.63) is 77.8 Å². The van der Waals surface area contributed by atoms with E-state index in [0.29, 0.717) is 46.0 Å². The summed E-state index contributed by atoms with van der Waals surface area (Å²) in [4.78, 5) is 12.9. The summed E-state index contributed by atoms with van der Waals surface area (Å²) < 4.78 is 17.1.